The second-order valence-electron chi connectivity index (χ2n) is 10.5. The van der Waals surface area contributed by atoms with Gasteiger partial charge in [0, 0.05) is 66.0 Å². The lowest BCUT2D eigenvalue weighted by atomic mass is 9.86. The number of methoxy groups -OCH3 is 2. The Bertz CT molecular complexity index is 1720. The third-order valence-electron chi connectivity index (χ3n) is 7.73. The van der Waals surface area contributed by atoms with Crippen LogP contribution >= 0.6 is 22.9 Å². The van der Waals surface area contributed by atoms with E-state index in [9.17, 15) is 22.4 Å². The van der Waals surface area contributed by atoms with Crippen LogP contribution < -0.4 is 5.32 Å². The van der Waals surface area contributed by atoms with Crippen molar-refractivity contribution in [2.45, 2.75) is 49.6 Å². The number of aryl methyl sites for hydroxylation is 1. The highest BCUT2D eigenvalue weighted by molar-refractivity contribution is 7.89. The number of hydrogen-bond acceptors (Lipinski definition) is 11. The van der Waals surface area contributed by atoms with Crippen LogP contribution in [0.15, 0.2) is 63.3 Å². The molecular weight excluding hydrogens is 647 g/mol. The molecule has 0 amide bonds. The van der Waals surface area contributed by atoms with Gasteiger partial charge in [-0.15, -0.1) is 11.3 Å². The minimum atomic E-state index is -3.82. The fourth-order valence-corrected chi connectivity index (χ4v) is 7.68. The predicted octanol–water partition coefficient (Wildman–Crippen LogP) is 4.09. The Morgan fingerprint density at radius 2 is 1.96 bits per heavy atom. The first-order valence-electron chi connectivity index (χ1n) is 14.2. The maximum Gasteiger partial charge on any atom is 0.338 e. The molecule has 16 heteroatoms. The average Bonchev–Trinajstić information content (AvgIpc) is 3.76. The number of sulfonamides is 1. The zero-order valence-electron chi connectivity index (χ0n) is 24.6. The number of halogens is 2. The van der Waals surface area contributed by atoms with Crippen molar-refractivity contribution in [1.82, 2.24) is 24.4 Å². The molecule has 3 aromatic rings. The van der Waals surface area contributed by atoms with E-state index < -0.39 is 27.9 Å². The van der Waals surface area contributed by atoms with Gasteiger partial charge in [0.2, 0.25) is 10.0 Å². The fraction of sp³-hybridized carbons (Fsp3) is 0.414. The van der Waals surface area contributed by atoms with Crippen LogP contribution in [0.5, 0.6) is 0 Å². The number of unbranched alkanes of at least 4 members (excludes halogenated alkanes) is 1. The maximum absolute atomic E-state index is 14.0. The molecule has 1 fully saturated rings. The van der Waals surface area contributed by atoms with E-state index in [1.54, 1.807) is 16.3 Å². The standard InChI is InChI=1S/C29H32ClFN6O6S2/c1-42-23(38)5-3-4-11-36-17-20(16-33-36)45(40,41)37-12-8-18(9-13-37)25-24(29(39)43-2)26(21-7-6-19(31)15-22(21)30)35-27(34-25)28-32-10-14-44-28/h6-7,10,14-18,26H,3-5,8-9,11-13H2,1-2H3,(H,34,35). The SMILES string of the molecule is COC(=O)CCCCn1cc(S(=O)(=O)N2CCC(C3=C(C(=O)OC)C(c4ccc(F)cc4Cl)N=C(c4nccs4)N3)CC2)cn1. The summed E-state index contributed by atoms with van der Waals surface area (Å²) in [5, 5.41) is 9.98. The highest BCUT2D eigenvalue weighted by atomic mass is 35.5. The van der Waals surface area contributed by atoms with Gasteiger partial charge in [-0.05, 0) is 37.8 Å². The van der Waals surface area contributed by atoms with Crippen molar-refractivity contribution in [2.24, 2.45) is 10.9 Å². The minimum absolute atomic E-state index is 0.0865. The highest BCUT2D eigenvalue weighted by Crippen LogP contribution is 2.40. The van der Waals surface area contributed by atoms with E-state index in [-0.39, 0.29) is 46.9 Å². The molecule has 1 N–H and O–H groups in total. The summed E-state index contributed by atoms with van der Waals surface area (Å²) in [6.45, 7) is 0.859. The van der Waals surface area contributed by atoms with Gasteiger partial charge in [0.05, 0.1) is 26.0 Å². The van der Waals surface area contributed by atoms with E-state index in [1.807, 2.05) is 0 Å². The van der Waals surface area contributed by atoms with Crippen LogP contribution in [0.4, 0.5) is 4.39 Å². The lowest BCUT2D eigenvalue weighted by Gasteiger charge is -2.36. The van der Waals surface area contributed by atoms with E-state index >= 15 is 0 Å². The molecule has 0 radical (unpaired) electrons. The number of thiazole rings is 1. The Morgan fingerprint density at radius 3 is 2.62 bits per heavy atom. The smallest absolute Gasteiger partial charge is 0.338 e. The number of carbonyl (C=O) groups excluding carboxylic acids is 2. The van der Waals surface area contributed by atoms with Crippen LogP contribution in [-0.4, -0.2) is 72.6 Å². The lowest BCUT2D eigenvalue weighted by molar-refractivity contribution is -0.140. The van der Waals surface area contributed by atoms with Gasteiger partial charge in [-0.2, -0.15) is 9.40 Å². The summed E-state index contributed by atoms with van der Waals surface area (Å²) in [4.78, 5) is 33.8. The second-order valence-corrected chi connectivity index (χ2v) is 13.7. The Kier molecular flexibility index (Phi) is 10.3. The van der Waals surface area contributed by atoms with E-state index in [1.165, 1.54) is 60.5 Å². The van der Waals surface area contributed by atoms with Gasteiger partial charge in [-0.25, -0.2) is 22.6 Å². The minimum Gasteiger partial charge on any atom is -0.469 e. The van der Waals surface area contributed by atoms with Crippen LogP contribution in [0.3, 0.4) is 0 Å². The third-order valence-corrected chi connectivity index (χ3v) is 10.7. The van der Waals surface area contributed by atoms with Crippen molar-refractivity contribution in [2.75, 3.05) is 27.3 Å². The number of aromatic nitrogens is 3. The first-order valence-corrected chi connectivity index (χ1v) is 16.9. The van der Waals surface area contributed by atoms with Crippen molar-refractivity contribution in [1.29, 1.82) is 0 Å². The van der Waals surface area contributed by atoms with Gasteiger partial charge in [-0.1, -0.05) is 17.7 Å². The maximum atomic E-state index is 14.0. The summed E-state index contributed by atoms with van der Waals surface area (Å²) in [7, 11) is -1.22. The summed E-state index contributed by atoms with van der Waals surface area (Å²) in [5.74, 6) is -1.27. The van der Waals surface area contributed by atoms with E-state index in [0.717, 1.165) is 0 Å². The van der Waals surface area contributed by atoms with E-state index in [2.05, 4.69) is 20.1 Å². The Hall–Kier alpha value is -3.66. The number of esters is 2. The van der Waals surface area contributed by atoms with Crippen molar-refractivity contribution in [3.63, 3.8) is 0 Å². The molecule has 1 atom stereocenters. The van der Waals surface area contributed by atoms with Crippen molar-refractivity contribution in [3.8, 4) is 0 Å². The number of amidine groups is 1. The zero-order valence-corrected chi connectivity index (χ0v) is 27.0. The number of piperidine rings is 1. The number of ether oxygens (including phenoxy) is 2. The van der Waals surface area contributed by atoms with Gasteiger partial charge >= 0.3 is 11.9 Å². The van der Waals surface area contributed by atoms with Crippen molar-refractivity contribution >= 4 is 50.7 Å². The summed E-state index contributed by atoms with van der Waals surface area (Å²) in [6, 6.07) is 3.01. The molecule has 45 heavy (non-hydrogen) atoms. The molecule has 4 heterocycles. The number of hydrogen-bond donors (Lipinski definition) is 1. The molecule has 0 saturated carbocycles. The quantitative estimate of drug-likeness (QED) is 0.234. The lowest BCUT2D eigenvalue weighted by Crippen LogP contribution is -2.43. The molecule has 5 rings (SSSR count). The molecule has 0 bridgehead atoms. The topological polar surface area (TPSA) is 145 Å². The largest absolute Gasteiger partial charge is 0.469 e. The van der Waals surface area contributed by atoms with Crippen LogP contribution in [0.25, 0.3) is 0 Å². The van der Waals surface area contributed by atoms with Crippen LogP contribution in [0, 0.1) is 11.7 Å². The normalized spacial score (nSPS) is 18.0. The van der Waals surface area contributed by atoms with Gasteiger partial charge < -0.3 is 14.8 Å². The molecule has 2 aliphatic heterocycles. The average molecular weight is 679 g/mol. The van der Waals surface area contributed by atoms with E-state index in [4.69, 9.17) is 21.3 Å². The van der Waals surface area contributed by atoms with Gasteiger partial charge in [0.25, 0.3) is 0 Å². The zero-order chi connectivity index (χ0) is 32.1. The number of benzene rings is 1. The van der Waals surface area contributed by atoms with Crippen molar-refractivity contribution < 1.29 is 31.9 Å². The Labute approximate surface area is 269 Å². The van der Waals surface area contributed by atoms with Gasteiger partial charge in [-0.3, -0.25) is 14.5 Å². The number of rotatable bonds is 11. The third kappa shape index (κ3) is 7.27. The first-order chi connectivity index (χ1) is 21.6. The molecule has 0 aliphatic carbocycles. The number of aliphatic imine (C=N–C) groups is 1. The first kappa shape index (κ1) is 32.7. The summed E-state index contributed by atoms with van der Waals surface area (Å²) in [6.07, 6.45) is 6.79. The summed E-state index contributed by atoms with van der Waals surface area (Å²) in [5.41, 5.74) is 1.19. The number of nitrogens with zero attached hydrogens (tertiary/aromatic N) is 5. The molecular formula is C29H32ClFN6O6S2. The summed E-state index contributed by atoms with van der Waals surface area (Å²) < 4.78 is 53.7. The van der Waals surface area contributed by atoms with Gasteiger partial charge in [0.15, 0.2) is 10.8 Å². The molecule has 12 nitrogen and oxygen atoms in total. The van der Waals surface area contributed by atoms with Crippen molar-refractivity contribution in [3.05, 3.63) is 74.9 Å². The van der Waals surface area contributed by atoms with Gasteiger partial charge in [0.1, 0.15) is 16.8 Å². The van der Waals surface area contributed by atoms with Crippen LogP contribution in [0.1, 0.15) is 48.7 Å². The molecule has 0 spiro atoms. The molecule has 2 aliphatic rings. The molecule has 1 saturated heterocycles. The summed E-state index contributed by atoms with van der Waals surface area (Å²) >= 11 is 7.81. The highest BCUT2D eigenvalue weighted by Gasteiger charge is 2.39. The fourth-order valence-electron chi connectivity index (χ4n) is 5.40. The monoisotopic (exact) mass is 678 g/mol. The number of allylic oxidation sites excluding steroid dienone is 1. The predicted molar refractivity (Wildman–Crippen MR) is 165 cm³/mol. The van der Waals surface area contributed by atoms with Crippen LogP contribution in [-0.2, 0) is 35.6 Å². The molecule has 1 aromatic carbocycles. The molecule has 240 valence electrons. The van der Waals surface area contributed by atoms with E-state index in [0.29, 0.717) is 54.3 Å². The number of carbonyl (C=O) groups is 2. The number of nitrogens with one attached hydrogen (secondary N) is 1. The Balaban J connectivity index is 1.36. The molecule has 2 aromatic heterocycles. The Morgan fingerprint density at radius 1 is 1.18 bits per heavy atom. The van der Waals surface area contributed by atoms with Crippen LogP contribution in [0.2, 0.25) is 5.02 Å². The molecule has 1 unspecified atom stereocenters. The second kappa shape index (κ2) is 14.2.